The number of anilines is 1. The molecule has 0 aromatic heterocycles. The molecule has 2 rings (SSSR count). The fraction of sp³-hybridized carbons (Fsp3) is 0.500. The lowest BCUT2D eigenvalue weighted by Gasteiger charge is -2.29. The van der Waals surface area contributed by atoms with Crippen LogP contribution in [-0.2, 0) is 4.79 Å². The molecule has 2 N–H and O–H groups in total. The third kappa shape index (κ3) is 5.06. The number of ether oxygens (including phenoxy) is 1. The van der Waals surface area contributed by atoms with Crippen LogP contribution in [-0.4, -0.2) is 57.2 Å². The summed E-state index contributed by atoms with van der Waals surface area (Å²) < 4.78 is 5.44. The number of thioether (sulfide) groups is 1. The first kappa shape index (κ1) is 17.5. The monoisotopic (exact) mass is 336 g/mol. The summed E-state index contributed by atoms with van der Waals surface area (Å²) in [6.45, 7) is 2.41. The highest BCUT2D eigenvalue weighted by molar-refractivity contribution is 7.98. The van der Waals surface area contributed by atoms with Crippen molar-refractivity contribution in [3.05, 3.63) is 24.3 Å². The van der Waals surface area contributed by atoms with Crippen molar-refractivity contribution in [1.82, 2.24) is 10.6 Å². The van der Waals surface area contributed by atoms with Crippen molar-refractivity contribution in [3.8, 4) is 5.75 Å². The van der Waals surface area contributed by atoms with Gasteiger partial charge in [0.05, 0.1) is 5.69 Å². The summed E-state index contributed by atoms with van der Waals surface area (Å²) in [6.07, 6.45) is 2.92. The maximum atomic E-state index is 12.1. The third-order valence-electron chi connectivity index (χ3n) is 3.48. The number of hydrogen-bond donors (Lipinski definition) is 2. The molecule has 0 unspecified atom stereocenters. The molecule has 0 bridgehead atoms. The second-order valence-electron chi connectivity index (χ2n) is 5.07. The third-order valence-corrected chi connectivity index (χ3v) is 4.09. The molecule has 1 aliphatic rings. The SMILES string of the molecule is CN=C(NCCCN1C(=O)COc2ccccc21)NCCSC. The first-order valence-electron chi connectivity index (χ1n) is 7.72. The summed E-state index contributed by atoms with van der Waals surface area (Å²) in [5, 5.41) is 6.52. The summed E-state index contributed by atoms with van der Waals surface area (Å²) in [5.41, 5.74) is 0.853. The van der Waals surface area contributed by atoms with Crippen LogP contribution < -0.4 is 20.3 Å². The van der Waals surface area contributed by atoms with E-state index < -0.39 is 0 Å². The maximum absolute atomic E-state index is 12.1. The second-order valence-corrected chi connectivity index (χ2v) is 6.06. The van der Waals surface area contributed by atoms with Crippen molar-refractivity contribution in [3.63, 3.8) is 0 Å². The average molecular weight is 336 g/mol. The molecular formula is C16H24N4O2S. The minimum absolute atomic E-state index is 0.00572. The van der Waals surface area contributed by atoms with Crippen LogP contribution in [0, 0.1) is 0 Å². The van der Waals surface area contributed by atoms with E-state index in [9.17, 15) is 4.79 Å². The van der Waals surface area contributed by atoms with Crippen molar-refractivity contribution in [2.75, 3.05) is 50.2 Å². The molecule has 1 aromatic rings. The van der Waals surface area contributed by atoms with E-state index in [0.29, 0.717) is 6.54 Å². The van der Waals surface area contributed by atoms with Crippen LogP contribution in [0.15, 0.2) is 29.3 Å². The zero-order chi connectivity index (χ0) is 16.5. The zero-order valence-corrected chi connectivity index (χ0v) is 14.5. The van der Waals surface area contributed by atoms with Crippen molar-refractivity contribution in [2.45, 2.75) is 6.42 Å². The summed E-state index contributed by atoms with van der Waals surface area (Å²) in [6, 6.07) is 7.65. The number of aliphatic imine (C=N–C) groups is 1. The highest BCUT2D eigenvalue weighted by atomic mass is 32.2. The molecule has 0 fully saturated rings. The number of nitrogens with one attached hydrogen (secondary N) is 2. The Bertz CT molecular complexity index is 551. The average Bonchev–Trinajstić information content (AvgIpc) is 2.58. The number of para-hydroxylation sites is 2. The summed E-state index contributed by atoms with van der Waals surface area (Å²) in [5.74, 6) is 2.62. The Balaban J connectivity index is 1.79. The number of hydrogen-bond acceptors (Lipinski definition) is 4. The van der Waals surface area contributed by atoms with Gasteiger partial charge in [0.25, 0.3) is 5.91 Å². The van der Waals surface area contributed by atoms with Crippen LogP contribution in [0.2, 0.25) is 0 Å². The standard InChI is InChI=1S/C16H24N4O2S/c1-17-16(19-9-11-23-2)18-8-5-10-20-13-6-3-4-7-14(13)22-12-15(20)21/h3-4,6-7H,5,8-12H2,1-2H3,(H2,17,18,19). The van der Waals surface area contributed by atoms with Crippen LogP contribution in [0.3, 0.4) is 0 Å². The number of guanidine groups is 1. The normalized spacial score (nSPS) is 14.3. The minimum atomic E-state index is 0.00572. The van der Waals surface area contributed by atoms with Crippen molar-refractivity contribution >= 4 is 29.3 Å². The van der Waals surface area contributed by atoms with E-state index >= 15 is 0 Å². The molecule has 23 heavy (non-hydrogen) atoms. The Morgan fingerprint density at radius 1 is 1.35 bits per heavy atom. The lowest BCUT2D eigenvalue weighted by molar-refractivity contribution is -0.121. The molecule has 0 spiro atoms. The molecule has 0 atom stereocenters. The van der Waals surface area contributed by atoms with Gasteiger partial charge in [-0.2, -0.15) is 11.8 Å². The van der Waals surface area contributed by atoms with Gasteiger partial charge in [0.2, 0.25) is 0 Å². The molecule has 1 heterocycles. The van der Waals surface area contributed by atoms with Gasteiger partial charge in [0.15, 0.2) is 12.6 Å². The van der Waals surface area contributed by atoms with Gasteiger partial charge in [-0.1, -0.05) is 12.1 Å². The number of rotatable bonds is 7. The number of benzene rings is 1. The van der Waals surface area contributed by atoms with Gasteiger partial charge in [-0.15, -0.1) is 0 Å². The molecule has 126 valence electrons. The summed E-state index contributed by atoms with van der Waals surface area (Å²) in [7, 11) is 1.76. The van der Waals surface area contributed by atoms with E-state index in [0.717, 1.165) is 42.7 Å². The van der Waals surface area contributed by atoms with E-state index in [1.54, 1.807) is 23.7 Å². The van der Waals surface area contributed by atoms with E-state index in [1.807, 2.05) is 24.3 Å². The smallest absolute Gasteiger partial charge is 0.265 e. The molecule has 1 aromatic carbocycles. The van der Waals surface area contributed by atoms with Gasteiger partial charge >= 0.3 is 0 Å². The Hall–Kier alpha value is -1.89. The van der Waals surface area contributed by atoms with Crippen molar-refractivity contribution in [2.24, 2.45) is 4.99 Å². The van der Waals surface area contributed by atoms with E-state index in [-0.39, 0.29) is 12.5 Å². The maximum Gasteiger partial charge on any atom is 0.265 e. The van der Waals surface area contributed by atoms with Gasteiger partial charge in [0.1, 0.15) is 5.75 Å². The molecule has 1 amide bonds. The molecule has 6 nitrogen and oxygen atoms in total. The molecule has 0 saturated heterocycles. The predicted octanol–water partition coefficient (Wildman–Crippen LogP) is 1.33. The second kappa shape index (κ2) is 9.29. The molecule has 1 aliphatic heterocycles. The quantitative estimate of drug-likeness (QED) is 0.447. The predicted molar refractivity (Wildman–Crippen MR) is 96.7 cm³/mol. The Morgan fingerprint density at radius 3 is 2.91 bits per heavy atom. The van der Waals surface area contributed by atoms with Gasteiger partial charge in [-0.05, 0) is 24.8 Å². The first-order chi connectivity index (χ1) is 11.3. The lowest BCUT2D eigenvalue weighted by Crippen LogP contribution is -2.42. The molecule has 0 aliphatic carbocycles. The lowest BCUT2D eigenvalue weighted by atomic mass is 10.2. The summed E-state index contributed by atoms with van der Waals surface area (Å²) in [4.78, 5) is 18.0. The zero-order valence-electron chi connectivity index (χ0n) is 13.7. The first-order valence-corrected chi connectivity index (χ1v) is 9.11. The number of carbonyl (C=O) groups is 1. The van der Waals surface area contributed by atoms with E-state index in [4.69, 9.17) is 4.74 Å². The molecule has 0 saturated carbocycles. The highest BCUT2D eigenvalue weighted by Gasteiger charge is 2.24. The van der Waals surface area contributed by atoms with Crippen LogP contribution in [0.25, 0.3) is 0 Å². The summed E-state index contributed by atoms with van der Waals surface area (Å²) >= 11 is 1.79. The van der Waals surface area contributed by atoms with Gasteiger partial charge in [-0.25, -0.2) is 0 Å². The minimum Gasteiger partial charge on any atom is -0.482 e. The Kier molecular flexibility index (Phi) is 7.06. The molecule has 0 radical (unpaired) electrons. The number of carbonyl (C=O) groups excluding carboxylic acids is 1. The van der Waals surface area contributed by atoms with Gasteiger partial charge in [0, 0.05) is 32.4 Å². The topological polar surface area (TPSA) is 66.0 Å². The van der Waals surface area contributed by atoms with Crippen molar-refractivity contribution in [1.29, 1.82) is 0 Å². The van der Waals surface area contributed by atoms with Crippen LogP contribution in [0.5, 0.6) is 5.75 Å². The fourth-order valence-electron chi connectivity index (χ4n) is 2.34. The van der Waals surface area contributed by atoms with Crippen LogP contribution >= 0.6 is 11.8 Å². The fourth-order valence-corrected chi connectivity index (χ4v) is 2.64. The van der Waals surface area contributed by atoms with Gasteiger partial charge in [-0.3, -0.25) is 9.79 Å². The Morgan fingerprint density at radius 2 is 2.13 bits per heavy atom. The van der Waals surface area contributed by atoms with Crippen molar-refractivity contribution < 1.29 is 9.53 Å². The van der Waals surface area contributed by atoms with E-state index in [2.05, 4.69) is 21.9 Å². The Labute approximate surface area is 141 Å². The van der Waals surface area contributed by atoms with Gasteiger partial charge < -0.3 is 20.3 Å². The highest BCUT2D eigenvalue weighted by Crippen LogP contribution is 2.31. The number of fused-ring (bicyclic) bond motifs is 1. The molecule has 7 heteroatoms. The van der Waals surface area contributed by atoms with Crippen LogP contribution in [0.4, 0.5) is 5.69 Å². The molecular weight excluding hydrogens is 312 g/mol. The largest absolute Gasteiger partial charge is 0.482 e. The number of nitrogens with zero attached hydrogens (tertiary/aromatic N) is 2. The van der Waals surface area contributed by atoms with Crippen LogP contribution in [0.1, 0.15) is 6.42 Å². The number of amides is 1. The van der Waals surface area contributed by atoms with E-state index in [1.165, 1.54) is 0 Å².